The van der Waals surface area contributed by atoms with Gasteiger partial charge in [0.15, 0.2) is 0 Å². The van der Waals surface area contributed by atoms with Crippen LogP contribution in [0.5, 0.6) is 0 Å². The van der Waals surface area contributed by atoms with Gasteiger partial charge in [-0.2, -0.15) is 0 Å². The van der Waals surface area contributed by atoms with E-state index in [-0.39, 0.29) is 57.7 Å². The van der Waals surface area contributed by atoms with Crippen LogP contribution in [0.4, 0.5) is 0 Å². The van der Waals surface area contributed by atoms with Crippen LogP contribution in [0.25, 0.3) is 76.9 Å². The summed E-state index contributed by atoms with van der Waals surface area (Å²) in [6, 6.07) is 32.1. The fourth-order valence-electron chi connectivity index (χ4n) is 5.68. The first-order chi connectivity index (χ1) is 22.3. The van der Waals surface area contributed by atoms with Gasteiger partial charge in [0.25, 0.3) is 0 Å². The molecule has 1 heteroatoms. The fourth-order valence-corrected chi connectivity index (χ4v) is 5.68. The highest BCUT2D eigenvalue weighted by molar-refractivity contribution is 6.23. The molecule has 0 radical (unpaired) electrons. The Balaban J connectivity index is 1.53. The lowest BCUT2D eigenvalue weighted by Crippen LogP contribution is -1.92. The molecule has 0 aliphatic heterocycles. The molecule has 0 bridgehead atoms. The topological polar surface area (TPSA) is 13.1 Å². The van der Waals surface area contributed by atoms with E-state index < -0.39 is 12.1 Å². The Morgan fingerprint density at radius 3 is 1.69 bits per heavy atom. The van der Waals surface area contributed by atoms with E-state index in [1.54, 1.807) is 0 Å². The van der Waals surface area contributed by atoms with Gasteiger partial charge in [-0.15, -0.1) is 0 Å². The Bertz CT molecular complexity index is 2500. The van der Waals surface area contributed by atoms with Gasteiger partial charge in [0.1, 0.15) is 11.2 Å². The van der Waals surface area contributed by atoms with Crippen LogP contribution in [-0.2, 0) is 0 Å². The van der Waals surface area contributed by atoms with Crippen LogP contribution in [0.2, 0.25) is 0 Å². The number of rotatable bonds is 3. The molecule has 8 aromatic rings. The Kier molecular flexibility index (Phi) is 3.57. The van der Waals surface area contributed by atoms with Crippen molar-refractivity contribution in [2.75, 3.05) is 0 Å². The molecule has 8 rings (SSSR count). The van der Waals surface area contributed by atoms with Crippen LogP contribution in [0.1, 0.15) is 9.60 Å². The quantitative estimate of drug-likeness (QED) is 0.219. The van der Waals surface area contributed by atoms with Gasteiger partial charge in [0.05, 0.1) is 9.60 Å². The average Bonchev–Trinajstić information content (AvgIpc) is 3.50. The molecule has 0 N–H and O–H groups in total. The predicted octanol–water partition coefficient (Wildman–Crippen LogP) is 10.9. The first-order valence-corrected chi connectivity index (χ1v) is 12.8. The summed E-state index contributed by atoms with van der Waals surface area (Å²) < 4.78 is 67.0. The molecule has 39 heavy (non-hydrogen) atoms. The maximum Gasteiger partial charge on any atom is 0.136 e. The highest BCUT2D eigenvalue weighted by atomic mass is 16.3. The second-order valence-corrected chi connectivity index (χ2v) is 9.51. The minimum Gasteiger partial charge on any atom is -0.456 e. The Hall–Kier alpha value is -5.14. The van der Waals surface area contributed by atoms with Crippen LogP contribution in [0.15, 0.2) is 150 Å². The molecule has 0 atom stereocenters. The van der Waals surface area contributed by atoms with E-state index in [1.165, 1.54) is 0 Å². The van der Waals surface area contributed by atoms with Crippen molar-refractivity contribution in [1.82, 2.24) is 0 Å². The van der Waals surface area contributed by atoms with E-state index in [0.29, 0.717) is 5.56 Å². The SMILES string of the molecule is [2H]c1c([2H])c([2H])c2c(oc3c([2H])c(-c4c5ccccc5c(-c5ccccc5-c5ccccc5)c5ccccc45)c([2H])c([2H])c32)c1[2H]. The van der Waals surface area contributed by atoms with Crippen LogP contribution in [0, 0.1) is 0 Å². The predicted molar refractivity (Wildman–Crippen MR) is 165 cm³/mol. The standard InChI is InChI=1S/C38H24O/c1-2-12-25(13-3-1)27-14-4-5-16-30(27)38-33-19-8-6-17-31(33)37(32-18-7-9-20-34(32)38)26-22-23-29-28-15-10-11-21-35(28)39-36(29)24-26/h1-24H/i10D,11D,15D,21D,22D,23D,24D. The molecule has 182 valence electrons. The summed E-state index contributed by atoms with van der Waals surface area (Å²) in [5, 5.41) is 3.52. The highest BCUT2D eigenvalue weighted by Gasteiger charge is 2.19. The third kappa shape index (κ3) is 3.41. The normalized spacial score (nSPS) is 14.1. The Labute approximate surface area is 236 Å². The molecular formula is C38H24O. The van der Waals surface area contributed by atoms with E-state index in [1.807, 2.05) is 78.9 Å². The van der Waals surface area contributed by atoms with Crippen molar-refractivity contribution in [3.05, 3.63) is 145 Å². The van der Waals surface area contributed by atoms with Crippen LogP contribution in [-0.4, -0.2) is 0 Å². The number of benzene rings is 7. The molecule has 1 nitrogen and oxygen atoms in total. The number of furan rings is 1. The zero-order valence-corrected chi connectivity index (χ0v) is 20.7. The van der Waals surface area contributed by atoms with Gasteiger partial charge in [-0.3, -0.25) is 0 Å². The van der Waals surface area contributed by atoms with E-state index in [2.05, 4.69) is 24.3 Å². The molecule has 7 aromatic carbocycles. The van der Waals surface area contributed by atoms with Gasteiger partial charge in [0, 0.05) is 10.8 Å². The molecule has 0 aliphatic rings. The summed E-state index contributed by atoms with van der Waals surface area (Å²) >= 11 is 0. The maximum atomic E-state index is 9.40. The minimum absolute atomic E-state index is 0.0159. The Morgan fingerprint density at radius 1 is 0.410 bits per heavy atom. The number of para-hydroxylation sites is 1. The van der Waals surface area contributed by atoms with Gasteiger partial charge >= 0.3 is 0 Å². The van der Waals surface area contributed by atoms with Gasteiger partial charge < -0.3 is 4.42 Å². The zero-order chi connectivity index (χ0) is 31.9. The van der Waals surface area contributed by atoms with E-state index in [0.717, 1.165) is 43.8 Å². The van der Waals surface area contributed by atoms with Crippen LogP contribution < -0.4 is 0 Å². The molecule has 0 unspecified atom stereocenters. The van der Waals surface area contributed by atoms with E-state index in [9.17, 15) is 2.74 Å². The van der Waals surface area contributed by atoms with E-state index in [4.69, 9.17) is 11.3 Å². The third-order valence-corrected chi connectivity index (χ3v) is 7.35. The van der Waals surface area contributed by atoms with Crippen LogP contribution >= 0.6 is 0 Å². The van der Waals surface area contributed by atoms with E-state index >= 15 is 0 Å². The van der Waals surface area contributed by atoms with Crippen molar-refractivity contribution in [3.63, 3.8) is 0 Å². The van der Waals surface area contributed by atoms with Crippen molar-refractivity contribution in [3.8, 4) is 33.4 Å². The first-order valence-electron chi connectivity index (χ1n) is 16.3. The minimum atomic E-state index is -0.454. The first kappa shape index (κ1) is 16.0. The molecule has 0 amide bonds. The lowest BCUT2D eigenvalue weighted by molar-refractivity contribution is 0.669. The summed E-state index contributed by atoms with van der Waals surface area (Å²) in [4.78, 5) is 0. The van der Waals surface area contributed by atoms with Crippen LogP contribution in [0.3, 0.4) is 0 Å². The largest absolute Gasteiger partial charge is 0.456 e. The number of hydrogen-bond acceptors (Lipinski definition) is 1. The molecule has 1 aromatic heterocycles. The molecule has 0 spiro atoms. The van der Waals surface area contributed by atoms with Crippen molar-refractivity contribution in [2.45, 2.75) is 0 Å². The lowest BCUT2D eigenvalue weighted by Gasteiger charge is -2.19. The Morgan fingerprint density at radius 2 is 0.974 bits per heavy atom. The number of hydrogen-bond donors (Lipinski definition) is 0. The fraction of sp³-hybridized carbons (Fsp3) is 0. The summed E-state index contributed by atoms with van der Waals surface area (Å²) in [6.45, 7) is 0. The van der Waals surface area contributed by atoms with Gasteiger partial charge in [-0.25, -0.2) is 0 Å². The maximum absolute atomic E-state index is 9.40. The van der Waals surface area contributed by atoms with Crippen molar-refractivity contribution < 1.29 is 14.0 Å². The second kappa shape index (κ2) is 8.72. The molecule has 1 heterocycles. The molecule has 0 saturated heterocycles. The average molecular weight is 504 g/mol. The van der Waals surface area contributed by atoms with Gasteiger partial charge in [0.2, 0.25) is 0 Å². The summed E-state index contributed by atoms with van der Waals surface area (Å²) in [5.74, 6) is 0. The molecule has 0 saturated carbocycles. The van der Waals surface area contributed by atoms with Crippen molar-refractivity contribution >= 4 is 43.5 Å². The van der Waals surface area contributed by atoms with Crippen molar-refractivity contribution in [1.29, 1.82) is 0 Å². The van der Waals surface area contributed by atoms with Crippen molar-refractivity contribution in [2.24, 2.45) is 0 Å². The summed E-state index contributed by atoms with van der Waals surface area (Å²) in [7, 11) is 0. The van der Waals surface area contributed by atoms with Gasteiger partial charge in [-0.1, -0.05) is 127 Å². The summed E-state index contributed by atoms with van der Waals surface area (Å²) in [6.07, 6.45) is 0. The monoisotopic (exact) mass is 503 g/mol. The third-order valence-electron chi connectivity index (χ3n) is 7.35. The lowest BCUT2D eigenvalue weighted by atomic mass is 9.84. The molecule has 0 aliphatic carbocycles. The van der Waals surface area contributed by atoms with Gasteiger partial charge in [-0.05, 0) is 73.1 Å². The second-order valence-electron chi connectivity index (χ2n) is 9.51. The zero-order valence-electron chi connectivity index (χ0n) is 27.7. The molecular weight excluding hydrogens is 472 g/mol. The smallest absolute Gasteiger partial charge is 0.136 e. The number of fused-ring (bicyclic) bond motifs is 5. The molecule has 0 fully saturated rings. The summed E-state index contributed by atoms with van der Waals surface area (Å²) in [5.41, 5.74) is 4.90. The highest BCUT2D eigenvalue weighted by Crippen LogP contribution is 2.46.